The van der Waals surface area contributed by atoms with Crippen LogP contribution in [0, 0.1) is 6.92 Å². The summed E-state index contributed by atoms with van der Waals surface area (Å²) in [4.78, 5) is 28.4. The van der Waals surface area contributed by atoms with Crippen LogP contribution in [0.15, 0.2) is 88.2 Å². The fourth-order valence-electron chi connectivity index (χ4n) is 3.80. The van der Waals surface area contributed by atoms with E-state index in [0.717, 1.165) is 26.3 Å². The number of carbonyl (C=O) groups is 2. The molecule has 7 nitrogen and oxygen atoms in total. The van der Waals surface area contributed by atoms with Crippen molar-refractivity contribution in [2.75, 3.05) is 10.8 Å². The van der Waals surface area contributed by atoms with Gasteiger partial charge in [0.2, 0.25) is 11.8 Å². The van der Waals surface area contributed by atoms with Crippen molar-refractivity contribution in [1.82, 2.24) is 10.2 Å². The van der Waals surface area contributed by atoms with Gasteiger partial charge in [0, 0.05) is 17.1 Å². The minimum Gasteiger partial charge on any atom is -0.352 e. The first-order chi connectivity index (χ1) is 18.0. The van der Waals surface area contributed by atoms with Gasteiger partial charge < -0.3 is 10.2 Å². The third-order valence-corrected chi connectivity index (χ3v) is 8.68. The number of carbonyl (C=O) groups excluding carboxylic acids is 2. The van der Waals surface area contributed by atoms with Crippen LogP contribution in [0.1, 0.15) is 38.3 Å². The third kappa shape index (κ3) is 7.45. The Morgan fingerprint density at radius 1 is 0.921 bits per heavy atom. The fourth-order valence-corrected chi connectivity index (χ4v) is 5.47. The first kappa shape index (κ1) is 29.4. The van der Waals surface area contributed by atoms with Gasteiger partial charge in [-0.25, -0.2) is 8.42 Å². The summed E-state index contributed by atoms with van der Waals surface area (Å²) in [6.07, 6.45) is 0.746. The molecule has 38 heavy (non-hydrogen) atoms. The Labute approximate surface area is 234 Å². The number of nitrogens with one attached hydrogen (secondary N) is 1. The number of anilines is 1. The van der Waals surface area contributed by atoms with E-state index in [-0.39, 0.29) is 23.4 Å². The lowest BCUT2D eigenvalue weighted by Crippen LogP contribution is -2.52. The van der Waals surface area contributed by atoms with Gasteiger partial charge in [0.1, 0.15) is 12.6 Å². The van der Waals surface area contributed by atoms with E-state index in [1.165, 1.54) is 17.0 Å². The molecule has 2 amide bonds. The van der Waals surface area contributed by atoms with Crippen LogP contribution in [-0.2, 0) is 26.2 Å². The van der Waals surface area contributed by atoms with Gasteiger partial charge in [0.05, 0.1) is 10.6 Å². The lowest BCUT2D eigenvalue weighted by atomic mass is 10.1. The summed E-state index contributed by atoms with van der Waals surface area (Å²) >= 11 is 3.42. The van der Waals surface area contributed by atoms with Crippen LogP contribution in [-0.4, -0.2) is 43.8 Å². The largest absolute Gasteiger partial charge is 0.352 e. The molecule has 0 radical (unpaired) electrons. The first-order valence-corrected chi connectivity index (χ1v) is 14.7. The Morgan fingerprint density at radius 3 is 2.11 bits per heavy atom. The maximum atomic E-state index is 13.9. The molecule has 1 N–H and O–H groups in total. The number of aryl methyl sites for hydroxylation is 1. The van der Waals surface area contributed by atoms with Crippen molar-refractivity contribution in [3.05, 3.63) is 94.5 Å². The SMILES string of the molecule is CC[C@@H](C)NC(=O)[C@H](C)N(Cc1ccc(Br)cc1)C(=O)CN(c1ccccc1)S(=O)(=O)c1ccc(C)cc1. The van der Waals surface area contributed by atoms with E-state index in [4.69, 9.17) is 0 Å². The highest BCUT2D eigenvalue weighted by Crippen LogP contribution is 2.25. The summed E-state index contributed by atoms with van der Waals surface area (Å²) in [5.41, 5.74) is 2.10. The van der Waals surface area contributed by atoms with E-state index in [1.54, 1.807) is 49.4 Å². The van der Waals surface area contributed by atoms with Gasteiger partial charge in [-0.3, -0.25) is 13.9 Å². The Balaban J connectivity index is 1.99. The topological polar surface area (TPSA) is 86.8 Å². The summed E-state index contributed by atoms with van der Waals surface area (Å²) in [6.45, 7) is 7.09. The standard InChI is InChI=1S/C29H34BrN3O4S/c1-5-22(3)31-29(35)23(4)32(19-24-13-15-25(30)16-14-24)28(34)20-33(26-9-7-6-8-10-26)38(36,37)27-17-11-21(2)12-18-27/h6-18,22-23H,5,19-20H2,1-4H3,(H,31,35)/t22-,23+/m1/s1. The second kappa shape index (κ2) is 13.1. The summed E-state index contributed by atoms with van der Waals surface area (Å²) in [6, 6.07) is 21.6. The van der Waals surface area contributed by atoms with Gasteiger partial charge in [0.15, 0.2) is 0 Å². The number of hydrogen-bond donors (Lipinski definition) is 1. The normalized spacial score (nSPS) is 12.9. The molecule has 0 saturated carbocycles. The van der Waals surface area contributed by atoms with Gasteiger partial charge in [-0.05, 0) is 69.2 Å². The Kier molecular flexibility index (Phi) is 10.1. The van der Waals surface area contributed by atoms with E-state index in [2.05, 4.69) is 21.2 Å². The van der Waals surface area contributed by atoms with E-state index in [9.17, 15) is 18.0 Å². The van der Waals surface area contributed by atoms with Crippen molar-refractivity contribution in [3.8, 4) is 0 Å². The van der Waals surface area contributed by atoms with Gasteiger partial charge >= 0.3 is 0 Å². The summed E-state index contributed by atoms with van der Waals surface area (Å²) in [5, 5.41) is 2.93. The third-order valence-electron chi connectivity index (χ3n) is 6.37. The van der Waals surface area contributed by atoms with Crippen molar-refractivity contribution < 1.29 is 18.0 Å². The molecule has 3 aromatic carbocycles. The molecule has 0 aliphatic rings. The van der Waals surface area contributed by atoms with E-state index < -0.39 is 28.5 Å². The fraction of sp³-hybridized carbons (Fsp3) is 0.310. The zero-order valence-electron chi connectivity index (χ0n) is 22.1. The average molecular weight is 601 g/mol. The highest BCUT2D eigenvalue weighted by atomic mass is 79.9. The van der Waals surface area contributed by atoms with Crippen LogP contribution >= 0.6 is 15.9 Å². The number of nitrogens with zero attached hydrogens (tertiary/aromatic N) is 2. The molecule has 3 aromatic rings. The predicted molar refractivity (Wildman–Crippen MR) is 154 cm³/mol. The monoisotopic (exact) mass is 599 g/mol. The maximum Gasteiger partial charge on any atom is 0.264 e. The van der Waals surface area contributed by atoms with Gasteiger partial charge in [-0.1, -0.05) is 70.9 Å². The minimum atomic E-state index is -4.07. The maximum absolute atomic E-state index is 13.9. The molecule has 0 bridgehead atoms. The van der Waals surface area contributed by atoms with Crippen LogP contribution in [0.5, 0.6) is 0 Å². The van der Waals surface area contributed by atoms with E-state index >= 15 is 0 Å². The summed E-state index contributed by atoms with van der Waals surface area (Å²) in [7, 11) is -4.07. The molecule has 2 atom stereocenters. The van der Waals surface area contributed by atoms with E-state index in [1.807, 2.05) is 45.0 Å². The lowest BCUT2D eigenvalue weighted by Gasteiger charge is -2.32. The molecule has 0 fully saturated rings. The molecule has 0 heterocycles. The quantitative estimate of drug-likeness (QED) is 0.324. The molecule has 9 heteroatoms. The minimum absolute atomic E-state index is 0.0580. The second-order valence-corrected chi connectivity index (χ2v) is 12.1. The zero-order chi connectivity index (χ0) is 27.9. The molecule has 0 aliphatic carbocycles. The Morgan fingerprint density at radius 2 is 1.53 bits per heavy atom. The number of halogens is 1. The van der Waals surface area contributed by atoms with Crippen LogP contribution in [0.25, 0.3) is 0 Å². The van der Waals surface area contributed by atoms with Crippen molar-refractivity contribution in [3.63, 3.8) is 0 Å². The number of hydrogen-bond acceptors (Lipinski definition) is 4. The molecule has 0 spiro atoms. The molecule has 3 rings (SSSR count). The predicted octanol–water partition coefficient (Wildman–Crippen LogP) is 5.28. The molecular formula is C29H34BrN3O4S. The molecular weight excluding hydrogens is 566 g/mol. The van der Waals surface area contributed by atoms with Crippen LogP contribution in [0.3, 0.4) is 0 Å². The van der Waals surface area contributed by atoms with Gasteiger partial charge in [-0.2, -0.15) is 0 Å². The van der Waals surface area contributed by atoms with Crippen molar-refractivity contribution >= 4 is 43.5 Å². The van der Waals surface area contributed by atoms with Crippen molar-refractivity contribution in [2.45, 2.75) is 57.6 Å². The molecule has 202 valence electrons. The highest BCUT2D eigenvalue weighted by molar-refractivity contribution is 9.10. The number of rotatable bonds is 11. The molecule has 0 aliphatic heterocycles. The summed E-state index contributed by atoms with van der Waals surface area (Å²) in [5.74, 6) is -0.781. The van der Waals surface area contributed by atoms with Crippen LogP contribution < -0.4 is 9.62 Å². The van der Waals surface area contributed by atoms with Crippen molar-refractivity contribution in [1.29, 1.82) is 0 Å². The number of amides is 2. The smallest absolute Gasteiger partial charge is 0.264 e. The van der Waals surface area contributed by atoms with Crippen LogP contribution in [0.2, 0.25) is 0 Å². The number of para-hydroxylation sites is 1. The second-order valence-electron chi connectivity index (χ2n) is 9.30. The number of benzene rings is 3. The first-order valence-electron chi connectivity index (χ1n) is 12.5. The summed E-state index contributed by atoms with van der Waals surface area (Å²) < 4.78 is 29.5. The van der Waals surface area contributed by atoms with E-state index in [0.29, 0.717) is 5.69 Å². The molecule has 0 unspecified atom stereocenters. The highest BCUT2D eigenvalue weighted by Gasteiger charge is 2.32. The Bertz CT molecular complexity index is 1330. The van der Waals surface area contributed by atoms with Crippen LogP contribution in [0.4, 0.5) is 5.69 Å². The van der Waals surface area contributed by atoms with Gasteiger partial charge in [-0.15, -0.1) is 0 Å². The average Bonchev–Trinajstić information content (AvgIpc) is 2.91. The lowest BCUT2D eigenvalue weighted by molar-refractivity contribution is -0.139. The number of sulfonamides is 1. The Hall–Kier alpha value is -3.17. The molecule has 0 saturated heterocycles. The molecule has 0 aromatic heterocycles. The van der Waals surface area contributed by atoms with Gasteiger partial charge in [0.25, 0.3) is 10.0 Å². The zero-order valence-corrected chi connectivity index (χ0v) is 24.5. The van der Waals surface area contributed by atoms with Crippen molar-refractivity contribution in [2.24, 2.45) is 0 Å².